The summed E-state index contributed by atoms with van der Waals surface area (Å²) in [4.78, 5) is 14.1. The second kappa shape index (κ2) is 7.09. The maximum absolute atomic E-state index is 12.9. The van der Waals surface area contributed by atoms with Crippen LogP contribution in [0.5, 0.6) is 0 Å². The Balaban J connectivity index is 1.73. The van der Waals surface area contributed by atoms with Crippen molar-refractivity contribution < 1.29 is 13.9 Å². The van der Waals surface area contributed by atoms with Gasteiger partial charge in [0.15, 0.2) is 0 Å². The van der Waals surface area contributed by atoms with Crippen LogP contribution < -0.4 is 5.32 Å². The molecule has 1 aliphatic heterocycles. The van der Waals surface area contributed by atoms with E-state index in [0.717, 1.165) is 38.0 Å². The number of ether oxygens (including phenoxy) is 1. The maximum atomic E-state index is 12.9. The summed E-state index contributed by atoms with van der Waals surface area (Å²) in [7, 11) is 0. The molecule has 0 atom stereocenters. The summed E-state index contributed by atoms with van der Waals surface area (Å²) in [6, 6.07) is 6.79. The van der Waals surface area contributed by atoms with Crippen LogP contribution in [0.1, 0.15) is 39.2 Å². The van der Waals surface area contributed by atoms with Gasteiger partial charge in [-0.25, -0.2) is 9.18 Å². The van der Waals surface area contributed by atoms with Gasteiger partial charge < -0.3 is 10.1 Å². The fourth-order valence-corrected chi connectivity index (χ4v) is 2.56. The Morgan fingerprint density at radius 3 is 2.41 bits per heavy atom. The van der Waals surface area contributed by atoms with Crippen molar-refractivity contribution >= 4 is 6.09 Å². The van der Waals surface area contributed by atoms with Gasteiger partial charge in [-0.1, -0.05) is 12.1 Å². The van der Waals surface area contributed by atoms with E-state index >= 15 is 0 Å². The van der Waals surface area contributed by atoms with Gasteiger partial charge in [0.2, 0.25) is 0 Å². The number of hydrogen-bond donors (Lipinski definition) is 1. The number of halogens is 1. The van der Waals surface area contributed by atoms with Gasteiger partial charge >= 0.3 is 6.09 Å². The van der Waals surface area contributed by atoms with E-state index in [1.54, 1.807) is 0 Å². The molecule has 0 spiro atoms. The first-order valence-corrected chi connectivity index (χ1v) is 7.78. The van der Waals surface area contributed by atoms with E-state index in [2.05, 4.69) is 10.2 Å². The van der Waals surface area contributed by atoms with Gasteiger partial charge in [-0.15, -0.1) is 0 Å². The number of hydrogen-bond acceptors (Lipinski definition) is 3. The largest absolute Gasteiger partial charge is 0.444 e. The number of alkyl carbamates (subject to hydrolysis) is 1. The van der Waals surface area contributed by atoms with Crippen LogP contribution in [0, 0.1) is 5.82 Å². The Labute approximate surface area is 131 Å². The lowest BCUT2D eigenvalue weighted by molar-refractivity contribution is 0.0477. The molecule has 1 aromatic rings. The van der Waals surface area contributed by atoms with Crippen molar-refractivity contribution in [2.45, 2.75) is 51.8 Å². The lowest BCUT2D eigenvalue weighted by Crippen LogP contribution is -2.45. The summed E-state index contributed by atoms with van der Waals surface area (Å²) in [6.45, 7) is 8.22. The third-order valence-corrected chi connectivity index (χ3v) is 3.63. The molecule has 0 aliphatic carbocycles. The first-order chi connectivity index (χ1) is 10.3. The topological polar surface area (TPSA) is 41.6 Å². The van der Waals surface area contributed by atoms with E-state index in [-0.39, 0.29) is 18.0 Å². The molecule has 1 amide bonds. The van der Waals surface area contributed by atoms with Gasteiger partial charge in [0.1, 0.15) is 11.4 Å². The third-order valence-electron chi connectivity index (χ3n) is 3.63. The number of nitrogens with one attached hydrogen (secondary N) is 1. The third kappa shape index (κ3) is 5.64. The summed E-state index contributed by atoms with van der Waals surface area (Å²) in [5.41, 5.74) is 0.646. The minimum Gasteiger partial charge on any atom is -0.444 e. The molecule has 22 heavy (non-hydrogen) atoms. The standard InChI is InChI=1S/C17H25FN2O2/c1-17(2,3)22-16(21)19-15-8-10-20(11-9-15)12-13-4-6-14(18)7-5-13/h4-7,15H,8-12H2,1-3H3,(H,19,21). The molecular weight excluding hydrogens is 283 g/mol. The fourth-order valence-electron chi connectivity index (χ4n) is 2.56. The SMILES string of the molecule is CC(C)(C)OC(=O)NC1CCN(Cc2ccc(F)cc2)CC1. The maximum Gasteiger partial charge on any atom is 0.407 e. The van der Waals surface area contributed by atoms with Crippen molar-refractivity contribution in [3.8, 4) is 0 Å². The summed E-state index contributed by atoms with van der Waals surface area (Å²) in [6.07, 6.45) is 1.46. The summed E-state index contributed by atoms with van der Waals surface area (Å²) < 4.78 is 18.2. The molecule has 4 nitrogen and oxygen atoms in total. The Kier molecular flexibility index (Phi) is 5.40. The Morgan fingerprint density at radius 1 is 1.27 bits per heavy atom. The average molecular weight is 308 g/mol. The molecule has 1 aromatic carbocycles. The van der Waals surface area contributed by atoms with Crippen LogP contribution in [0.25, 0.3) is 0 Å². The van der Waals surface area contributed by atoms with Crippen LogP contribution in [-0.4, -0.2) is 35.7 Å². The summed E-state index contributed by atoms with van der Waals surface area (Å²) >= 11 is 0. The minimum absolute atomic E-state index is 0.166. The highest BCUT2D eigenvalue weighted by atomic mass is 19.1. The van der Waals surface area contributed by atoms with Crippen LogP contribution in [0.3, 0.4) is 0 Å². The van der Waals surface area contributed by atoms with Crippen molar-refractivity contribution in [2.24, 2.45) is 0 Å². The number of piperidine rings is 1. The van der Waals surface area contributed by atoms with Crippen LogP contribution >= 0.6 is 0 Å². The Bertz CT molecular complexity index is 488. The molecular formula is C17H25FN2O2. The number of likely N-dealkylation sites (tertiary alicyclic amines) is 1. The summed E-state index contributed by atoms with van der Waals surface area (Å²) in [5, 5.41) is 2.93. The molecule has 0 aromatic heterocycles. The van der Waals surface area contributed by atoms with E-state index in [9.17, 15) is 9.18 Å². The second-order valence-corrected chi connectivity index (χ2v) is 6.82. The van der Waals surface area contributed by atoms with Crippen LogP contribution in [0.2, 0.25) is 0 Å². The van der Waals surface area contributed by atoms with Gasteiger partial charge in [0.05, 0.1) is 0 Å². The van der Waals surface area contributed by atoms with Gasteiger partial charge in [-0.2, -0.15) is 0 Å². The lowest BCUT2D eigenvalue weighted by atomic mass is 10.0. The first-order valence-electron chi connectivity index (χ1n) is 7.78. The van der Waals surface area contributed by atoms with E-state index < -0.39 is 5.60 Å². The van der Waals surface area contributed by atoms with Crippen molar-refractivity contribution in [3.05, 3.63) is 35.6 Å². The van der Waals surface area contributed by atoms with Crippen LogP contribution in [-0.2, 0) is 11.3 Å². The molecule has 1 saturated heterocycles. The van der Waals surface area contributed by atoms with Crippen LogP contribution in [0.15, 0.2) is 24.3 Å². The second-order valence-electron chi connectivity index (χ2n) is 6.82. The first kappa shape index (κ1) is 16.7. The average Bonchev–Trinajstić information content (AvgIpc) is 2.41. The molecule has 5 heteroatoms. The zero-order valence-electron chi connectivity index (χ0n) is 13.6. The monoisotopic (exact) mass is 308 g/mol. The Hall–Kier alpha value is -1.62. The highest BCUT2D eigenvalue weighted by Gasteiger charge is 2.23. The number of amides is 1. The van der Waals surface area contributed by atoms with Crippen LogP contribution in [0.4, 0.5) is 9.18 Å². The number of carbonyl (C=O) groups is 1. The smallest absolute Gasteiger partial charge is 0.407 e. The zero-order chi connectivity index (χ0) is 16.2. The number of rotatable bonds is 3. The van der Waals surface area contributed by atoms with Gasteiger partial charge in [0, 0.05) is 25.7 Å². The van der Waals surface area contributed by atoms with Gasteiger partial charge in [0.25, 0.3) is 0 Å². The van der Waals surface area contributed by atoms with Crippen molar-refractivity contribution in [1.29, 1.82) is 0 Å². The highest BCUT2D eigenvalue weighted by molar-refractivity contribution is 5.68. The van der Waals surface area contributed by atoms with E-state index in [4.69, 9.17) is 4.74 Å². The molecule has 122 valence electrons. The molecule has 0 saturated carbocycles. The molecule has 0 radical (unpaired) electrons. The van der Waals surface area contributed by atoms with Crippen molar-refractivity contribution in [2.75, 3.05) is 13.1 Å². The zero-order valence-corrected chi connectivity index (χ0v) is 13.6. The quantitative estimate of drug-likeness (QED) is 0.931. The predicted molar refractivity (Wildman–Crippen MR) is 84.1 cm³/mol. The van der Waals surface area contributed by atoms with Crippen molar-refractivity contribution in [1.82, 2.24) is 10.2 Å². The van der Waals surface area contributed by atoms with E-state index in [1.807, 2.05) is 32.9 Å². The molecule has 1 aliphatic rings. The van der Waals surface area contributed by atoms with Gasteiger partial charge in [-0.05, 0) is 51.3 Å². The van der Waals surface area contributed by atoms with Gasteiger partial charge in [-0.3, -0.25) is 4.90 Å². The van der Waals surface area contributed by atoms with Crippen molar-refractivity contribution in [3.63, 3.8) is 0 Å². The normalized spacial score (nSPS) is 17.3. The molecule has 1 heterocycles. The van der Waals surface area contributed by atoms with E-state index in [0.29, 0.717) is 0 Å². The number of nitrogens with zero attached hydrogens (tertiary/aromatic N) is 1. The molecule has 0 unspecified atom stereocenters. The molecule has 1 N–H and O–H groups in total. The highest BCUT2D eigenvalue weighted by Crippen LogP contribution is 2.15. The molecule has 0 bridgehead atoms. The predicted octanol–water partition coefficient (Wildman–Crippen LogP) is 3.31. The number of benzene rings is 1. The Morgan fingerprint density at radius 2 is 1.86 bits per heavy atom. The van der Waals surface area contributed by atoms with E-state index in [1.165, 1.54) is 12.1 Å². The minimum atomic E-state index is -0.465. The molecule has 2 rings (SSSR count). The molecule has 1 fully saturated rings. The lowest BCUT2D eigenvalue weighted by Gasteiger charge is -2.32. The number of carbonyl (C=O) groups excluding carboxylic acids is 1. The summed E-state index contributed by atoms with van der Waals surface area (Å²) in [5.74, 6) is -0.205. The fraction of sp³-hybridized carbons (Fsp3) is 0.588.